The number of hydrogen-bond donors (Lipinski definition) is 2. The van der Waals surface area contributed by atoms with E-state index in [1.807, 2.05) is 26.8 Å². The molecule has 0 unspecified atom stereocenters. The summed E-state index contributed by atoms with van der Waals surface area (Å²) in [7, 11) is -0.486. The first-order valence-corrected chi connectivity index (χ1v) is 14.3. The van der Waals surface area contributed by atoms with Crippen molar-refractivity contribution in [2.45, 2.75) is 39.7 Å². The third kappa shape index (κ3) is 8.52. The third-order valence-electron chi connectivity index (χ3n) is 5.55. The van der Waals surface area contributed by atoms with Crippen LogP contribution >= 0.6 is 0 Å². The summed E-state index contributed by atoms with van der Waals surface area (Å²) in [5.41, 5.74) is 1.29. The van der Waals surface area contributed by atoms with Gasteiger partial charge in [0.1, 0.15) is 23.1 Å². The van der Waals surface area contributed by atoms with Gasteiger partial charge in [-0.1, -0.05) is 0 Å². The fourth-order valence-electron chi connectivity index (χ4n) is 3.83. The van der Waals surface area contributed by atoms with Crippen LogP contribution in [0.25, 0.3) is 22.0 Å². The molecule has 0 spiro atoms. The minimum absolute atomic E-state index is 0.0707. The number of nitrogens with zero attached hydrogens (tertiary/aromatic N) is 3. The van der Waals surface area contributed by atoms with E-state index in [1.165, 1.54) is 11.8 Å². The molecule has 0 bridgehead atoms. The molecule has 0 aliphatic heterocycles. The minimum atomic E-state index is -3.58. The van der Waals surface area contributed by atoms with Crippen molar-refractivity contribution in [1.82, 2.24) is 15.3 Å². The topological polar surface area (TPSA) is 149 Å². The van der Waals surface area contributed by atoms with E-state index >= 15 is 0 Å². The zero-order chi connectivity index (χ0) is 29.7. The molecule has 1 aromatic carbocycles. The van der Waals surface area contributed by atoms with Gasteiger partial charge >= 0.3 is 6.03 Å². The second kappa shape index (κ2) is 12.5. The number of fused-ring (bicyclic) bond motifs is 1. The fourth-order valence-corrected chi connectivity index (χ4v) is 4.25. The molecule has 13 heteroatoms. The zero-order valence-corrected chi connectivity index (χ0v) is 24.5. The van der Waals surface area contributed by atoms with E-state index in [9.17, 15) is 18.0 Å². The molecule has 0 saturated heterocycles. The van der Waals surface area contributed by atoms with Crippen molar-refractivity contribution >= 4 is 44.6 Å². The number of ether oxygens (including phenoxy) is 2. The highest BCUT2D eigenvalue weighted by atomic mass is 32.2. The number of rotatable bonds is 10. The van der Waals surface area contributed by atoms with Crippen LogP contribution in [0.3, 0.4) is 0 Å². The number of pyridine rings is 2. The van der Waals surface area contributed by atoms with Crippen molar-refractivity contribution in [3.05, 3.63) is 36.5 Å². The average Bonchev–Trinajstić information content (AvgIpc) is 2.85. The van der Waals surface area contributed by atoms with Crippen molar-refractivity contribution < 1.29 is 31.7 Å². The molecule has 0 fully saturated rings. The van der Waals surface area contributed by atoms with Crippen LogP contribution in [0.2, 0.25) is 0 Å². The van der Waals surface area contributed by atoms with Crippen LogP contribution in [0.1, 0.15) is 34.1 Å². The quantitative estimate of drug-likeness (QED) is 0.271. The molecule has 216 valence electrons. The maximum absolute atomic E-state index is 12.8. The maximum atomic E-state index is 12.8. The van der Waals surface area contributed by atoms with Crippen molar-refractivity contribution in [2.75, 3.05) is 43.8 Å². The number of urea groups is 1. The average molecular weight is 574 g/mol. The lowest BCUT2D eigenvalue weighted by atomic mass is 10.0. The van der Waals surface area contributed by atoms with E-state index in [0.717, 1.165) is 6.26 Å². The normalized spacial score (nSPS) is 11.7. The summed E-state index contributed by atoms with van der Waals surface area (Å²) in [4.78, 5) is 35.8. The molecule has 2 heterocycles. The molecule has 0 radical (unpaired) electrons. The Morgan fingerprint density at radius 3 is 2.23 bits per heavy atom. The summed E-state index contributed by atoms with van der Waals surface area (Å²) in [6, 6.07) is 8.37. The van der Waals surface area contributed by atoms with E-state index < -0.39 is 21.7 Å². The molecule has 3 aromatic rings. The first kappa shape index (κ1) is 30.6. The number of methoxy groups -OCH3 is 2. The van der Waals surface area contributed by atoms with Gasteiger partial charge in [0.2, 0.25) is 5.91 Å². The van der Waals surface area contributed by atoms with Crippen molar-refractivity contribution in [2.24, 2.45) is 0 Å². The van der Waals surface area contributed by atoms with Gasteiger partial charge in [-0.2, -0.15) is 8.42 Å². The number of carbonyl (C=O) groups excluding carboxylic acids is 2. The lowest BCUT2D eigenvalue weighted by Gasteiger charge is -2.22. The molecule has 0 aliphatic carbocycles. The molecular weight excluding hydrogens is 538 g/mol. The Hall–Kier alpha value is -3.97. The Morgan fingerprint density at radius 2 is 1.68 bits per heavy atom. The monoisotopic (exact) mass is 573 g/mol. The largest absolute Gasteiger partial charge is 0.497 e. The molecule has 3 amide bonds. The van der Waals surface area contributed by atoms with E-state index in [1.54, 1.807) is 44.7 Å². The fraction of sp³-hybridized carbons (Fsp3) is 0.407. The molecule has 0 aliphatic rings. The van der Waals surface area contributed by atoms with Gasteiger partial charge in [-0.3, -0.25) is 19.2 Å². The lowest BCUT2D eigenvalue weighted by Crippen LogP contribution is -2.43. The predicted octanol–water partition coefficient (Wildman–Crippen LogP) is 3.95. The Balaban J connectivity index is 2.07. The van der Waals surface area contributed by atoms with Crippen molar-refractivity contribution in [3.63, 3.8) is 0 Å². The van der Waals surface area contributed by atoms with E-state index in [-0.39, 0.29) is 31.3 Å². The van der Waals surface area contributed by atoms with Gasteiger partial charge in [0.05, 0.1) is 32.6 Å². The molecule has 0 saturated carbocycles. The highest BCUT2D eigenvalue weighted by molar-refractivity contribution is 7.85. The van der Waals surface area contributed by atoms with Gasteiger partial charge in [-0.05, 0) is 51.0 Å². The van der Waals surface area contributed by atoms with Crippen molar-refractivity contribution in [3.8, 4) is 22.6 Å². The molecule has 12 nitrogen and oxygen atoms in total. The van der Waals surface area contributed by atoms with E-state index in [4.69, 9.17) is 18.6 Å². The number of anilines is 2. The molecule has 40 heavy (non-hydrogen) atoms. The van der Waals surface area contributed by atoms with Crippen LogP contribution in [-0.2, 0) is 19.1 Å². The van der Waals surface area contributed by atoms with Crippen LogP contribution in [0.4, 0.5) is 16.4 Å². The smallest absolute Gasteiger partial charge is 0.320 e. The van der Waals surface area contributed by atoms with Gasteiger partial charge in [-0.15, -0.1) is 0 Å². The van der Waals surface area contributed by atoms with Crippen LogP contribution < -0.4 is 25.0 Å². The number of hydrogen-bond acceptors (Lipinski definition) is 9. The van der Waals surface area contributed by atoms with Crippen LogP contribution in [0.15, 0.2) is 36.5 Å². The van der Waals surface area contributed by atoms with Gasteiger partial charge in [0, 0.05) is 48.3 Å². The SMILES string of the molecule is COc1cc(OC)cc(-c2cc3cnc(N(CCCOS(C)(=O)=O)C(C)=O)cc3nc2NC(=O)NC(C)(C)C)c1. The molecule has 2 N–H and O–H groups in total. The first-order chi connectivity index (χ1) is 18.7. The highest BCUT2D eigenvalue weighted by Crippen LogP contribution is 2.35. The summed E-state index contributed by atoms with van der Waals surface area (Å²) in [6.07, 6.45) is 2.83. The zero-order valence-electron chi connectivity index (χ0n) is 23.7. The first-order valence-electron chi connectivity index (χ1n) is 12.4. The van der Waals surface area contributed by atoms with Gasteiger partial charge < -0.3 is 14.8 Å². The molecule has 3 rings (SSSR count). The second-order valence-electron chi connectivity index (χ2n) is 10.1. The molecular formula is C27H35N5O7S. The second-order valence-corrected chi connectivity index (χ2v) is 11.7. The summed E-state index contributed by atoms with van der Waals surface area (Å²) < 4.78 is 38.1. The standard InChI is InChI=1S/C27H35N5O7S/c1-17(33)32(9-8-10-39-40(7,35)36)24-15-23-19(16-28-24)13-22(18-11-20(37-5)14-21(12-18)38-6)25(29-23)30-26(34)31-27(2,3)4/h11-16H,8-10H2,1-7H3,(H2,29,30,31,34). The number of benzene rings is 1. The van der Waals surface area contributed by atoms with Crippen molar-refractivity contribution in [1.29, 1.82) is 0 Å². The lowest BCUT2D eigenvalue weighted by molar-refractivity contribution is -0.116. The van der Waals surface area contributed by atoms with E-state index in [2.05, 4.69) is 15.6 Å². The minimum Gasteiger partial charge on any atom is -0.497 e. The molecule has 2 aromatic heterocycles. The Labute approximate surface area is 234 Å². The summed E-state index contributed by atoms with van der Waals surface area (Å²) in [5, 5.41) is 6.37. The highest BCUT2D eigenvalue weighted by Gasteiger charge is 2.20. The summed E-state index contributed by atoms with van der Waals surface area (Å²) >= 11 is 0. The van der Waals surface area contributed by atoms with Gasteiger partial charge in [0.15, 0.2) is 0 Å². The van der Waals surface area contributed by atoms with Crippen LogP contribution in [0.5, 0.6) is 11.5 Å². The third-order valence-corrected chi connectivity index (χ3v) is 6.14. The van der Waals surface area contributed by atoms with E-state index in [0.29, 0.717) is 39.3 Å². The van der Waals surface area contributed by atoms with Gasteiger partial charge in [0.25, 0.3) is 10.1 Å². The number of carbonyl (C=O) groups is 2. The Bertz CT molecular complexity index is 1480. The summed E-state index contributed by atoms with van der Waals surface area (Å²) in [6.45, 7) is 7.10. The molecule has 0 atom stereocenters. The van der Waals surface area contributed by atoms with Gasteiger partial charge in [-0.25, -0.2) is 14.8 Å². The number of nitrogens with one attached hydrogen (secondary N) is 2. The number of aromatic nitrogens is 2. The van der Waals surface area contributed by atoms with Crippen LogP contribution in [0, 0.1) is 0 Å². The predicted molar refractivity (Wildman–Crippen MR) is 153 cm³/mol. The van der Waals surface area contributed by atoms with Crippen LogP contribution in [-0.4, -0.2) is 69.5 Å². The maximum Gasteiger partial charge on any atom is 0.320 e. The Morgan fingerprint density at radius 1 is 1.02 bits per heavy atom. The Kier molecular flexibility index (Phi) is 9.53. The number of amides is 3. The summed E-state index contributed by atoms with van der Waals surface area (Å²) in [5.74, 6) is 1.44.